The van der Waals surface area contributed by atoms with E-state index in [9.17, 15) is 18.8 Å². The van der Waals surface area contributed by atoms with Crippen LogP contribution < -0.4 is 0 Å². The van der Waals surface area contributed by atoms with E-state index < -0.39 is 35.8 Å². The van der Waals surface area contributed by atoms with E-state index in [0.717, 1.165) is 10.5 Å². The van der Waals surface area contributed by atoms with Crippen LogP contribution in [0, 0.1) is 5.82 Å². The molecule has 1 fully saturated rings. The number of rotatable bonds is 4. The van der Waals surface area contributed by atoms with E-state index >= 15 is 0 Å². The van der Waals surface area contributed by atoms with Crippen LogP contribution in [0.2, 0.25) is 0 Å². The number of carbonyl (C=O) groups excluding carboxylic acids is 3. The fourth-order valence-corrected chi connectivity index (χ4v) is 3.77. The van der Waals surface area contributed by atoms with Gasteiger partial charge in [0.15, 0.2) is 0 Å². The lowest BCUT2D eigenvalue weighted by molar-refractivity contribution is -0.137. The van der Waals surface area contributed by atoms with E-state index in [1.165, 1.54) is 36.2 Å². The Balaban J connectivity index is 1.65. The molecule has 0 aliphatic carbocycles. The summed E-state index contributed by atoms with van der Waals surface area (Å²) in [6.07, 6.45) is 0.923. The maximum absolute atomic E-state index is 14.4. The first kappa shape index (κ1) is 18.9. The van der Waals surface area contributed by atoms with Gasteiger partial charge in [0.05, 0.1) is 6.04 Å². The van der Waals surface area contributed by atoms with Crippen LogP contribution in [0.25, 0.3) is 5.57 Å². The number of hydrogen-bond donors (Lipinski definition) is 0. The smallest absolute Gasteiger partial charge is 0.417 e. The zero-order valence-corrected chi connectivity index (χ0v) is 15.7. The first-order valence-electron chi connectivity index (χ1n) is 9.24. The Morgan fingerprint density at radius 1 is 1.10 bits per heavy atom. The molecule has 1 unspecified atom stereocenters. The molecule has 2 heterocycles. The van der Waals surface area contributed by atoms with Crippen molar-refractivity contribution >= 4 is 23.5 Å². The van der Waals surface area contributed by atoms with Crippen molar-refractivity contribution in [3.8, 4) is 0 Å². The summed E-state index contributed by atoms with van der Waals surface area (Å²) < 4.78 is 19.5. The molecule has 2 aromatic carbocycles. The minimum absolute atomic E-state index is 0.0720. The molecule has 2 aromatic rings. The number of nitrogens with zero attached hydrogens (tertiary/aromatic N) is 2. The lowest BCUT2D eigenvalue weighted by Crippen LogP contribution is -2.50. The highest BCUT2D eigenvalue weighted by Gasteiger charge is 2.46. The van der Waals surface area contributed by atoms with Crippen molar-refractivity contribution in [2.45, 2.75) is 18.5 Å². The molecule has 29 heavy (non-hydrogen) atoms. The number of carbonyl (C=O) groups is 3. The minimum atomic E-state index is -1.09. The molecule has 6 nitrogen and oxygen atoms in total. The Morgan fingerprint density at radius 3 is 2.52 bits per heavy atom. The van der Waals surface area contributed by atoms with Crippen LogP contribution in [-0.2, 0) is 20.7 Å². The van der Waals surface area contributed by atoms with Crippen LogP contribution in [0.5, 0.6) is 0 Å². The number of amides is 3. The number of hydrogen-bond acceptors (Lipinski definition) is 4. The van der Waals surface area contributed by atoms with Gasteiger partial charge in [-0.2, -0.15) is 0 Å². The summed E-state index contributed by atoms with van der Waals surface area (Å²) in [4.78, 5) is 40.3. The second-order valence-electron chi connectivity index (χ2n) is 7.06. The SMILES string of the molecule is CN1C(=O)C=C(c2ccccc2F)C1C(=O)N1C(=O)OC[C@@H]1Cc1ccccc1. The minimum Gasteiger partial charge on any atom is -0.447 e. The van der Waals surface area contributed by atoms with Gasteiger partial charge in [-0.25, -0.2) is 14.1 Å². The van der Waals surface area contributed by atoms with Gasteiger partial charge in [-0.05, 0) is 23.6 Å². The second-order valence-corrected chi connectivity index (χ2v) is 7.06. The van der Waals surface area contributed by atoms with Crippen molar-refractivity contribution in [2.24, 2.45) is 0 Å². The second kappa shape index (κ2) is 7.50. The summed E-state index contributed by atoms with van der Waals surface area (Å²) >= 11 is 0. The van der Waals surface area contributed by atoms with Crippen LogP contribution in [-0.4, -0.2) is 53.4 Å². The van der Waals surface area contributed by atoms with Gasteiger partial charge in [-0.3, -0.25) is 9.59 Å². The largest absolute Gasteiger partial charge is 0.447 e. The highest BCUT2D eigenvalue weighted by atomic mass is 19.1. The molecule has 0 saturated carbocycles. The highest BCUT2D eigenvalue weighted by Crippen LogP contribution is 2.32. The molecule has 3 amide bonds. The molecule has 0 aromatic heterocycles. The van der Waals surface area contributed by atoms with Crippen molar-refractivity contribution in [2.75, 3.05) is 13.7 Å². The number of imide groups is 1. The Hall–Kier alpha value is -3.48. The molecule has 2 aliphatic heterocycles. The molecule has 2 atom stereocenters. The monoisotopic (exact) mass is 394 g/mol. The Bertz CT molecular complexity index is 1000. The average Bonchev–Trinajstić information content (AvgIpc) is 3.22. The van der Waals surface area contributed by atoms with E-state index in [1.807, 2.05) is 30.3 Å². The predicted molar refractivity (Wildman–Crippen MR) is 103 cm³/mol. The van der Waals surface area contributed by atoms with E-state index in [4.69, 9.17) is 4.74 Å². The highest BCUT2D eigenvalue weighted by molar-refractivity contribution is 6.13. The zero-order chi connectivity index (χ0) is 20.5. The maximum Gasteiger partial charge on any atom is 0.417 e. The molecule has 4 rings (SSSR count). The first-order chi connectivity index (χ1) is 14.0. The van der Waals surface area contributed by atoms with E-state index in [1.54, 1.807) is 6.07 Å². The Kier molecular flexibility index (Phi) is 4.88. The van der Waals surface area contributed by atoms with Crippen LogP contribution in [0.15, 0.2) is 60.7 Å². The summed E-state index contributed by atoms with van der Waals surface area (Å²) in [5.74, 6) is -1.56. The van der Waals surface area contributed by atoms with Crippen molar-refractivity contribution in [3.05, 3.63) is 77.6 Å². The predicted octanol–water partition coefficient (Wildman–Crippen LogP) is 2.64. The fraction of sp³-hybridized carbons (Fsp3) is 0.227. The third-order valence-corrected chi connectivity index (χ3v) is 5.24. The molecule has 0 radical (unpaired) electrons. The lowest BCUT2D eigenvalue weighted by atomic mass is 9.97. The Morgan fingerprint density at radius 2 is 1.79 bits per heavy atom. The van der Waals surface area contributed by atoms with Crippen molar-refractivity contribution in [1.29, 1.82) is 0 Å². The molecule has 0 bridgehead atoms. The van der Waals surface area contributed by atoms with Crippen molar-refractivity contribution in [3.63, 3.8) is 0 Å². The van der Waals surface area contributed by atoms with Gasteiger partial charge < -0.3 is 9.64 Å². The third kappa shape index (κ3) is 3.40. The van der Waals surface area contributed by atoms with Crippen LogP contribution in [0.1, 0.15) is 11.1 Å². The Labute approximate surface area is 167 Å². The molecular weight excluding hydrogens is 375 g/mol. The lowest BCUT2D eigenvalue weighted by Gasteiger charge is -2.28. The van der Waals surface area contributed by atoms with Gasteiger partial charge in [0.25, 0.3) is 5.91 Å². The maximum atomic E-state index is 14.4. The fourth-order valence-electron chi connectivity index (χ4n) is 3.77. The number of halogens is 1. The summed E-state index contributed by atoms with van der Waals surface area (Å²) in [7, 11) is 1.46. The molecule has 0 N–H and O–H groups in total. The van der Waals surface area contributed by atoms with E-state index in [-0.39, 0.29) is 17.7 Å². The van der Waals surface area contributed by atoms with Gasteiger partial charge >= 0.3 is 6.09 Å². The number of likely N-dealkylation sites (N-methyl/N-ethyl adjacent to an activating group) is 1. The van der Waals surface area contributed by atoms with Crippen molar-refractivity contribution < 1.29 is 23.5 Å². The molecule has 2 aliphatic rings. The molecule has 148 valence electrons. The van der Waals surface area contributed by atoms with Gasteiger partial charge in [0.1, 0.15) is 18.5 Å². The topological polar surface area (TPSA) is 66.9 Å². The number of cyclic esters (lactones) is 1. The molecule has 7 heteroatoms. The van der Waals surface area contributed by atoms with Gasteiger partial charge in [-0.15, -0.1) is 0 Å². The summed E-state index contributed by atoms with van der Waals surface area (Å²) in [6, 6.07) is 13.8. The van der Waals surface area contributed by atoms with Gasteiger partial charge in [0, 0.05) is 18.7 Å². The molecular formula is C22H19FN2O4. The third-order valence-electron chi connectivity index (χ3n) is 5.24. The first-order valence-corrected chi connectivity index (χ1v) is 9.24. The number of ether oxygens (including phenoxy) is 1. The van der Waals surface area contributed by atoms with E-state index in [2.05, 4.69) is 0 Å². The zero-order valence-electron chi connectivity index (χ0n) is 15.7. The van der Waals surface area contributed by atoms with Crippen molar-refractivity contribution in [1.82, 2.24) is 9.80 Å². The summed E-state index contributed by atoms with van der Waals surface area (Å²) in [5, 5.41) is 0. The standard InChI is InChI=1S/C22H19FN2O4/c1-24-19(26)12-17(16-9-5-6-10-18(16)23)20(24)21(27)25-15(13-29-22(25)28)11-14-7-3-2-4-8-14/h2-10,12,15,20H,11,13H2,1H3/t15-,20?/m0/s1. The molecule has 0 spiro atoms. The average molecular weight is 394 g/mol. The summed E-state index contributed by atoms with van der Waals surface area (Å²) in [5.41, 5.74) is 1.35. The van der Waals surface area contributed by atoms with Crippen LogP contribution in [0.4, 0.5) is 9.18 Å². The van der Waals surface area contributed by atoms with Crippen LogP contribution in [0.3, 0.4) is 0 Å². The summed E-state index contributed by atoms with van der Waals surface area (Å²) in [6.45, 7) is 0.0720. The molecule has 1 saturated heterocycles. The number of benzene rings is 2. The van der Waals surface area contributed by atoms with Crippen LogP contribution >= 0.6 is 0 Å². The van der Waals surface area contributed by atoms with Gasteiger partial charge in [-0.1, -0.05) is 48.5 Å². The quantitative estimate of drug-likeness (QED) is 0.800. The normalized spacial score (nSPS) is 21.4. The van der Waals surface area contributed by atoms with Gasteiger partial charge in [0.2, 0.25) is 5.91 Å². The van der Waals surface area contributed by atoms with E-state index in [0.29, 0.717) is 6.42 Å².